The van der Waals surface area contributed by atoms with Crippen LogP contribution in [-0.2, 0) is 24.8 Å². The highest BCUT2D eigenvalue weighted by Crippen LogP contribution is 2.30. The predicted octanol–water partition coefficient (Wildman–Crippen LogP) is 1.59. The number of halogens is 3. The standard InChI is InChI=1S/C7H6Cl2FNO4S2/c8-16(12,13)6-2-7(17(9,14)15)5(11)1-4(6)3-10/h1-2H,3,11H2. The van der Waals surface area contributed by atoms with Crippen LogP contribution in [0.4, 0.5) is 10.1 Å². The number of rotatable bonds is 3. The number of nitrogen functional groups attached to an aromatic ring is 1. The zero-order valence-corrected chi connectivity index (χ0v) is 11.2. The van der Waals surface area contributed by atoms with Crippen LogP contribution in [0.2, 0.25) is 0 Å². The maximum atomic E-state index is 12.6. The molecule has 10 heteroatoms. The summed E-state index contributed by atoms with van der Waals surface area (Å²) < 4.78 is 57.0. The maximum Gasteiger partial charge on any atom is 0.263 e. The average molecular weight is 322 g/mol. The van der Waals surface area contributed by atoms with Crippen LogP contribution in [0.15, 0.2) is 21.9 Å². The van der Waals surface area contributed by atoms with Crippen LogP contribution >= 0.6 is 21.4 Å². The van der Waals surface area contributed by atoms with Crippen molar-refractivity contribution in [2.24, 2.45) is 0 Å². The second kappa shape index (κ2) is 4.60. The third kappa shape index (κ3) is 3.21. The van der Waals surface area contributed by atoms with E-state index in [2.05, 4.69) is 0 Å². The highest BCUT2D eigenvalue weighted by molar-refractivity contribution is 8.14. The largest absolute Gasteiger partial charge is 0.398 e. The minimum atomic E-state index is -4.29. The molecule has 0 aromatic heterocycles. The average Bonchev–Trinajstić information content (AvgIpc) is 2.13. The van der Waals surface area contributed by atoms with Gasteiger partial charge in [0.2, 0.25) is 0 Å². The van der Waals surface area contributed by atoms with Crippen LogP contribution in [0.5, 0.6) is 0 Å². The Kier molecular flexibility index (Phi) is 3.92. The van der Waals surface area contributed by atoms with Gasteiger partial charge in [-0.25, -0.2) is 21.2 Å². The summed E-state index contributed by atoms with van der Waals surface area (Å²) in [5.41, 5.74) is 4.64. The molecule has 5 nitrogen and oxygen atoms in total. The lowest BCUT2D eigenvalue weighted by Crippen LogP contribution is -2.04. The van der Waals surface area contributed by atoms with Gasteiger partial charge in [0, 0.05) is 26.9 Å². The van der Waals surface area contributed by atoms with Crippen molar-refractivity contribution in [1.82, 2.24) is 0 Å². The predicted molar refractivity (Wildman–Crippen MR) is 61.7 cm³/mol. The molecule has 0 unspecified atom stereocenters. The monoisotopic (exact) mass is 321 g/mol. The molecule has 1 aromatic carbocycles. The Hall–Kier alpha value is -0.570. The van der Waals surface area contributed by atoms with Crippen LogP contribution in [-0.4, -0.2) is 16.8 Å². The Labute approximate surface area is 106 Å². The van der Waals surface area contributed by atoms with Gasteiger partial charge in [-0.1, -0.05) is 0 Å². The Balaban J connectivity index is 3.73. The number of nitrogens with two attached hydrogens (primary N) is 1. The van der Waals surface area contributed by atoms with E-state index in [9.17, 15) is 21.2 Å². The molecule has 1 rings (SSSR count). The zero-order valence-electron chi connectivity index (χ0n) is 8.02. The fourth-order valence-electron chi connectivity index (χ4n) is 1.17. The summed E-state index contributed by atoms with van der Waals surface area (Å²) in [5.74, 6) is 0. The molecule has 0 aliphatic carbocycles. The molecule has 0 aliphatic rings. The fourth-order valence-corrected chi connectivity index (χ4v) is 3.36. The minimum absolute atomic E-state index is 0.332. The van der Waals surface area contributed by atoms with Crippen molar-refractivity contribution in [1.29, 1.82) is 0 Å². The molecule has 96 valence electrons. The van der Waals surface area contributed by atoms with E-state index in [-0.39, 0.29) is 11.3 Å². The molecule has 0 saturated heterocycles. The molecule has 0 amide bonds. The van der Waals surface area contributed by atoms with Gasteiger partial charge >= 0.3 is 0 Å². The second-order valence-electron chi connectivity index (χ2n) is 3.01. The van der Waals surface area contributed by atoms with Gasteiger partial charge < -0.3 is 5.73 Å². The molecule has 17 heavy (non-hydrogen) atoms. The van der Waals surface area contributed by atoms with Crippen LogP contribution in [0.1, 0.15) is 5.56 Å². The fraction of sp³-hybridized carbons (Fsp3) is 0.143. The zero-order chi connectivity index (χ0) is 13.4. The van der Waals surface area contributed by atoms with E-state index in [1.807, 2.05) is 0 Å². The highest BCUT2D eigenvalue weighted by atomic mass is 35.7. The van der Waals surface area contributed by atoms with E-state index in [0.29, 0.717) is 6.07 Å². The van der Waals surface area contributed by atoms with E-state index in [0.717, 1.165) is 6.07 Å². The van der Waals surface area contributed by atoms with E-state index in [4.69, 9.17) is 27.1 Å². The van der Waals surface area contributed by atoms with Crippen LogP contribution < -0.4 is 5.73 Å². The molecule has 2 N–H and O–H groups in total. The quantitative estimate of drug-likeness (QED) is 0.674. The summed E-state index contributed by atoms with van der Waals surface area (Å²) in [5, 5.41) is 0. The first-order valence-electron chi connectivity index (χ1n) is 3.95. The summed E-state index contributed by atoms with van der Waals surface area (Å²) in [7, 11) is 1.55. The molecule has 0 bridgehead atoms. The van der Waals surface area contributed by atoms with Gasteiger partial charge in [0.15, 0.2) is 0 Å². The smallest absolute Gasteiger partial charge is 0.263 e. The van der Waals surface area contributed by atoms with Crippen LogP contribution in [0.3, 0.4) is 0 Å². The molecular formula is C7H6Cl2FNO4S2. The van der Waals surface area contributed by atoms with Crippen molar-refractivity contribution in [3.05, 3.63) is 17.7 Å². The third-order valence-electron chi connectivity index (χ3n) is 1.86. The first-order chi connectivity index (χ1) is 7.57. The SMILES string of the molecule is Nc1cc(CF)c(S(=O)(=O)Cl)cc1S(=O)(=O)Cl. The summed E-state index contributed by atoms with van der Waals surface area (Å²) in [6, 6.07) is 1.50. The number of benzene rings is 1. The maximum absolute atomic E-state index is 12.6. The van der Waals surface area contributed by atoms with Crippen LogP contribution in [0, 0.1) is 0 Å². The molecule has 0 fully saturated rings. The summed E-state index contributed by atoms with van der Waals surface area (Å²) in [6.45, 7) is -1.16. The molecule has 0 aliphatic heterocycles. The van der Waals surface area contributed by atoms with Crippen molar-refractivity contribution < 1.29 is 21.2 Å². The van der Waals surface area contributed by atoms with E-state index >= 15 is 0 Å². The Morgan fingerprint density at radius 2 is 1.53 bits per heavy atom. The summed E-state index contributed by atoms with van der Waals surface area (Å²) in [6.07, 6.45) is 0. The van der Waals surface area contributed by atoms with E-state index in [1.165, 1.54) is 0 Å². The van der Waals surface area contributed by atoms with Gasteiger partial charge in [-0.15, -0.1) is 0 Å². The van der Waals surface area contributed by atoms with Gasteiger partial charge in [-0.2, -0.15) is 0 Å². The first kappa shape index (κ1) is 14.5. The van der Waals surface area contributed by atoms with Gasteiger partial charge in [-0.05, 0) is 12.1 Å². The van der Waals surface area contributed by atoms with Gasteiger partial charge in [-0.3, -0.25) is 0 Å². The van der Waals surface area contributed by atoms with E-state index in [1.54, 1.807) is 0 Å². The third-order valence-corrected chi connectivity index (χ3v) is 4.64. The molecule has 0 saturated carbocycles. The lowest BCUT2D eigenvalue weighted by Gasteiger charge is -2.08. The van der Waals surface area contributed by atoms with Crippen molar-refractivity contribution >= 4 is 45.2 Å². The van der Waals surface area contributed by atoms with Crippen molar-refractivity contribution in [2.75, 3.05) is 5.73 Å². The number of hydrogen-bond acceptors (Lipinski definition) is 5. The topological polar surface area (TPSA) is 94.3 Å². The normalized spacial score (nSPS) is 12.6. The summed E-state index contributed by atoms with van der Waals surface area (Å²) >= 11 is 0. The van der Waals surface area contributed by atoms with Crippen LogP contribution in [0.25, 0.3) is 0 Å². The van der Waals surface area contributed by atoms with Crippen molar-refractivity contribution in [2.45, 2.75) is 16.5 Å². The minimum Gasteiger partial charge on any atom is -0.398 e. The Morgan fingerprint density at radius 3 is 1.88 bits per heavy atom. The molecule has 0 spiro atoms. The lowest BCUT2D eigenvalue weighted by molar-refractivity contribution is 0.478. The molecule has 0 radical (unpaired) electrons. The Bertz CT molecular complexity index is 657. The van der Waals surface area contributed by atoms with Gasteiger partial charge in [0.25, 0.3) is 18.1 Å². The molecule has 0 atom stereocenters. The van der Waals surface area contributed by atoms with Gasteiger partial charge in [0.05, 0.1) is 10.6 Å². The molecule has 0 heterocycles. The first-order valence-corrected chi connectivity index (χ1v) is 8.57. The number of anilines is 1. The van der Waals surface area contributed by atoms with Crippen molar-refractivity contribution in [3.8, 4) is 0 Å². The molecular weight excluding hydrogens is 316 g/mol. The number of hydrogen-bond donors (Lipinski definition) is 1. The van der Waals surface area contributed by atoms with E-state index < -0.39 is 34.6 Å². The van der Waals surface area contributed by atoms with Gasteiger partial charge in [0.1, 0.15) is 11.6 Å². The summed E-state index contributed by atoms with van der Waals surface area (Å²) in [4.78, 5) is -1.30. The number of alkyl halides is 1. The second-order valence-corrected chi connectivity index (χ2v) is 8.08. The molecule has 1 aromatic rings. The van der Waals surface area contributed by atoms with Crippen molar-refractivity contribution in [3.63, 3.8) is 0 Å². The lowest BCUT2D eigenvalue weighted by atomic mass is 10.2. The highest BCUT2D eigenvalue weighted by Gasteiger charge is 2.23. The Morgan fingerprint density at radius 1 is 1.06 bits per heavy atom.